The fourth-order valence-corrected chi connectivity index (χ4v) is 5.20. The molecule has 1 fully saturated rings. The van der Waals surface area contributed by atoms with E-state index in [1.165, 1.54) is 45.0 Å². The maximum Gasteiger partial charge on any atom is 0.357 e. The molecule has 1 aromatic carbocycles. The Morgan fingerprint density at radius 2 is 1.75 bits per heavy atom. The zero-order valence-corrected chi connectivity index (χ0v) is 19.5. The number of thioether (sulfide) groups is 2. The SMILES string of the molecule is CC(=O)SC(SC(C)=O)=C(C(=O)OCc1ccc([N+](=O)[O-])cc1)N1C(=O)[C@H]([C@@H](C)O)[C@@H]1Cl. The summed E-state index contributed by atoms with van der Waals surface area (Å²) >= 11 is 7.39. The molecule has 0 bridgehead atoms. The van der Waals surface area contributed by atoms with Gasteiger partial charge in [0.1, 0.15) is 12.1 Å². The number of nitro benzene ring substituents is 1. The van der Waals surface area contributed by atoms with Gasteiger partial charge in [-0.05, 0) is 48.1 Å². The second-order valence-corrected chi connectivity index (χ2v) is 9.75. The van der Waals surface area contributed by atoms with Gasteiger partial charge in [-0.25, -0.2) is 4.79 Å². The van der Waals surface area contributed by atoms with E-state index in [0.29, 0.717) is 29.1 Å². The van der Waals surface area contributed by atoms with Crippen molar-refractivity contribution in [2.75, 3.05) is 0 Å². The van der Waals surface area contributed by atoms with Gasteiger partial charge in [0.2, 0.25) is 5.91 Å². The Labute approximate surface area is 196 Å². The number of rotatable bonds is 8. The highest BCUT2D eigenvalue weighted by Gasteiger charge is 2.53. The number of halogens is 1. The number of aliphatic hydroxyl groups is 1. The average Bonchev–Trinajstić information content (AvgIpc) is 2.68. The first-order valence-corrected chi connectivity index (χ1v) is 11.2. The Morgan fingerprint density at radius 3 is 2.16 bits per heavy atom. The van der Waals surface area contributed by atoms with E-state index in [0.717, 1.165) is 4.90 Å². The Bertz CT molecular complexity index is 962. The highest BCUT2D eigenvalue weighted by atomic mass is 35.5. The van der Waals surface area contributed by atoms with Gasteiger partial charge in [0, 0.05) is 26.0 Å². The number of nitro groups is 1. The van der Waals surface area contributed by atoms with Crippen LogP contribution in [0.2, 0.25) is 0 Å². The zero-order chi connectivity index (χ0) is 24.2. The number of likely N-dealkylation sites (tertiary alicyclic amines) is 1. The number of β-lactam (4-membered cyclic amide) rings is 1. The third-order valence-electron chi connectivity index (χ3n) is 4.20. The van der Waals surface area contributed by atoms with Gasteiger partial charge in [-0.2, -0.15) is 0 Å². The topological polar surface area (TPSA) is 144 Å². The number of carbonyl (C=O) groups is 4. The van der Waals surface area contributed by atoms with E-state index in [2.05, 4.69) is 0 Å². The molecule has 32 heavy (non-hydrogen) atoms. The Balaban J connectivity index is 2.36. The van der Waals surface area contributed by atoms with E-state index in [1.807, 2.05) is 0 Å². The van der Waals surface area contributed by atoms with Crippen molar-refractivity contribution in [1.29, 1.82) is 0 Å². The van der Waals surface area contributed by atoms with Crippen LogP contribution in [0.4, 0.5) is 5.69 Å². The summed E-state index contributed by atoms with van der Waals surface area (Å²) in [6.07, 6.45) is -1.08. The van der Waals surface area contributed by atoms with Crippen molar-refractivity contribution in [3.63, 3.8) is 0 Å². The minimum atomic E-state index is -1.10. The van der Waals surface area contributed by atoms with Crippen molar-refractivity contribution in [2.24, 2.45) is 5.92 Å². The van der Waals surface area contributed by atoms with E-state index < -0.39 is 44.6 Å². The number of amides is 1. The molecule has 0 spiro atoms. The van der Waals surface area contributed by atoms with Gasteiger partial charge in [-0.1, -0.05) is 11.6 Å². The lowest BCUT2D eigenvalue weighted by atomic mass is 9.92. The lowest BCUT2D eigenvalue weighted by molar-refractivity contribution is -0.384. The van der Waals surface area contributed by atoms with Crippen LogP contribution in [0.15, 0.2) is 34.2 Å². The molecule has 0 radical (unpaired) electrons. The van der Waals surface area contributed by atoms with Gasteiger partial charge in [0.25, 0.3) is 5.69 Å². The molecule has 1 saturated heterocycles. The van der Waals surface area contributed by atoms with Crippen molar-refractivity contribution in [2.45, 2.75) is 39.0 Å². The molecule has 10 nitrogen and oxygen atoms in total. The van der Waals surface area contributed by atoms with E-state index in [9.17, 15) is 34.4 Å². The molecule has 2 rings (SSSR count). The van der Waals surface area contributed by atoms with Crippen molar-refractivity contribution in [3.8, 4) is 0 Å². The van der Waals surface area contributed by atoms with E-state index >= 15 is 0 Å². The van der Waals surface area contributed by atoms with Crippen molar-refractivity contribution in [1.82, 2.24) is 4.90 Å². The standard InChI is InChI=1S/C19H19ClN2O8S2/c1-9(23)14-16(20)21(17(14)26)15(19(31-10(2)24)32-11(3)25)18(27)30-8-12-4-6-13(7-5-12)22(28)29/h4-7,9,14,16,23H,8H2,1-3H3/t9-,14-,16-/m1/s1. The van der Waals surface area contributed by atoms with Gasteiger partial charge >= 0.3 is 5.97 Å². The third kappa shape index (κ3) is 6.09. The van der Waals surface area contributed by atoms with Crippen LogP contribution in [0.25, 0.3) is 0 Å². The number of aliphatic hydroxyl groups excluding tert-OH is 1. The van der Waals surface area contributed by atoms with Crippen LogP contribution in [-0.2, 0) is 30.5 Å². The van der Waals surface area contributed by atoms with Gasteiger partial charge in [-0.3, -0.25) is 29.4 Å². The predicted octanol–water partition coefficient (Wildman–Crippen LogP) is 2.77. The minimum Gasteiger partial charge on any atom is -0.456 e. The quantitative estimate of drug-likeness (QED) is 0.107. The number of esters is 1. The molecule has 1 heterocycles. The third-order valence-corrected chi connectivity index (χ3v) is 6.50. The highest BCUT2D eigenvalue weighted by molar-refractivity contribution is 8.34. The number of benzene rings is 1. The lowest BCUT2D eigenvalue weighted by Gasteiger charge is -2.45. The number of non-ortho nitro benzene ring substituents is 1. The van der Waals surface area contributed by atoms with Gasteiger partial charge in [0.15, 0.2) is 15.9 Å². The van der Waals surface area contributed by atoms with Gasteiger partial charge in [0.05, 0.1) is 21.2 Å². The Morgan fingerprint density at radius 1 is 1.22 bits per heavy atom. The summed E-state index contributed by atoms with van der Waals surface area (Å²) in [5.41, 5.74) is -1.18. The monoisotopic (exact) mass is 502 g/mol. The van der Waals surface area contributed by atoms with Crippen molar-refractivity contribution < 1.29 is 33.9 Å². The van der Waals surface area contributed by atoms with Gasteiger partial charge in [-0.15, -0.1) is 0 Å². The molecular weight excluding hydrogens is 484 g/mol. The van der Waals surface area contributed by atoms with Crippen LogP contribution >= 0.6 is 35.1 Å². The molecule has 0 unspecified atom stereocenters. The number of hydrogen-bond acceptors (Lipinski definition) is 10. The fourth-order valence-electron chi connectivity index (χ4n) is 2.74. The summed E-state index contributed by atoms with van der Waals surface area (Å²) < 4.78 is 5.17. The second-order valence-electron chi connectivity index (χ2n) is 6.67. The van der Waals surface area contributed by atoms with Crippen LogP contribution in [-0.4, -0.2) is 48.6 Å². The number of hydrogen-bond donors (Lipinski definition) is 1. The van der Waals surface area contributed by atoms with E-state index in [4.69, 9.17) is 16.3 Å². The van der Waals surface area contributed by atoms with E-state index in [1.54, 1.807) is 0 Å². The highest BCUT2D eigenvalue weighted by Crippen LogP contribution is 2.42. The number of alkyl halides is 1. The average molecular weight is 503 g/mol. The molecule has 1 amide bonds. The summed E-state index contributed by atoms with van der Waals surface area (Å²) in [4.78, 5) is 60.0. The van der Waals surface area contributed by atoms with Crippen molar-refractivity contribution in [3.05, 3.63) is 49.9 Å². The molecule has 0 aromatic heterocycles. The molecule has 1 aliphatic rings. The van der Waals surface area contributed by atoms with Crippen LogP contribution in [0, 0.1) is 16.0 Å². The first-order chi connectivity index (χ1) is 14.9. The van der Waals surface area contributed by atoms with Crippen LogP contribution in [0.1, 0.15) is 26.3 Å². The normalized spacial score (nSPS) is 18.4. The van der Waals surface area contributed by atoms with Gasteiger partial charge < -0.3 is 9.84 Å². The maximum absolute atomic E-state index is 12.9. The number of nitrogens with zero attached hydrogens (tertiary/aromatic N) is 2. The molecule has 172 valence electrons. The Kier molecular flexibility index (Phi) is 8.84. The smallest absolute Gasteiger partial charge is 0.357 e. The summed E-state index contributed by atoms with van der Waals surface area (Å²) in [6, 6.07) is 5.27. The number of carbonyl (C=O) groups excluding carboxylic acids is 4. The lowest BCUT2D eigenvalue weighted by Crippen LogP contribution is -2.62. The molecular formula is C19H19ClN2O8S2. The largest absolute Gasteiger partial charge is 0.456 e. The molecule has 13 heteroatoms. The van der Waals surface area contributed by atoms with Crippen molar-refractivity contribution >= 4 is 62.9 Å². The molecule has 1 N–H and O–H groups in total. The minimum absolute atomic E-state index is 0.0817. The second kappa shape index (κ2) is 10.9. The number of ether oxygens (including phenoxy) is 1. The fraction of sp³-hybridized carbons (Fsp3) is 0.368. The molecule has 1 aliphatic heterocycles. The summed E-state index contributed by atoms with van der Waals surface area (Å²) in [5, 5.41) is 19.6. The summed E-state index contributed by atoms with van der Waals surface area (Å²) in [5.74, 6) is -2.66. The predicted molar refractivity (Wildman–Crippen MR) is 118 cm³/mol. The summed E-state index contributed by atoms with van der Waals surface area (Å²) in [6.45, 7) is 3.53. The molecule has 0 aliphatic carbocycles. The molecule has 0 saturated carbocycles. The Hall–Kier alpha value is -2.41. The van der Waals surface area contributed by atoms with Crippen LogP contribution in [0.5, 0.6) is 0 Å². The molecule has 1 aromatic rings. The van der Waals surface area contributed by atoms with Crippen LogP contribution < -0.4 is 0 Å². The molecule has 3 atom stereocenters. The first kappa shape index (κ1) is 25.8. The van der Waals surface area contributed by atoms with Crippen LogP contribution in [0.3, 0.4) is 0 Å². The summed E-state index contributed by atoms with van der Waals surface area (Å²) in [7, 11) is 0. The van der Waals surface area contributed by atoms with E-state index in [-0.39, 0.29) is 22.2 Å². The maximum atomic E-state index is 12.9. The zero-order valence-electron chi connectivity index (χ0n) is 17.1. The first-order valence-electron chi connectivity index (χ1n) is 9.10.